The highest BCUT2D eigenvalue weighted by atomic mass is 32.2. The molecule has 12 heteroatoms. The molecule has 3 aromatic rings. The first-order chi connectivity index (χ1) is 16.3. The van der Waals surface area contributed by atoms with E-state index in [1.807, 2.05) is 36.5 Å². The van der Waals surface area contributed by atoms with Gasteiger partial charge in [0, 0.05) is 57.3 Å². The van der Waals surface area contributed by atoms with Gasteiger partial charge in [-0.25, -0.2) is 17.9 Å². The smallest absolute Gasteiger partial charge is 0.317 e. The van der Waals surface area contributed by atoms with Crippen molar-refractivity contribution in [3.8, 4) is 5.69 Å². The maximum atomic E-state index is 12.8. The van der Waals surface area contributed by atoms with Crippen LogP contribution >= 0.6 is 0 Å². The number of benzene rings is 2. The Morgan fingerprint density at radius 1 is 1.06 bits per heavy atom. The second kappa shape index (κ2) is 10.0. The molecular formula is C22H24N6O5S. The van der Waals surface area contributed by atoms with Crippen LogP contribution in [0, 0.1) is 10.1 Å². The summed E-state index contributed by atoms with van der Waals surface area (Å²) >= 11 is 0. The number of sulfonamides is 1. The molecule has 178 valence electrons. The van der Waals surface area contributed by atoms with Gasteiger partial charge < -0.3 is 10.2 Å². The molecule has 0 unspecified atom stereocenters. The average Bonchev–Trinajstić information content (AvgIpc) is 3.39. The summed E-state index contributed by atoms with van der Waals surface area (Å²) in [4.78, 5) is 24.3. The van der Waals surface area contributed by atoms with Crippen LogP contribution in [0.4, 0.5) is 10.5 Å². The van der Waals surface area contributed by atoms with E-state index in [2.05, 4.69) is 10.4 Å². The van der Waals surface area contributed by atoms with Gasteiger partial charge in [-0.3, -0.25) is 10.1 Å². The Hall–Kier alpha value is -3.77. The number of nitrogens with zero attached hydrogens (tertiary/aromatic N) is 5. The van der Waals surface area contributed by atoms with E-state index in [9.17, 15) is 23.3 Å². The second-order valence-electron chi connectivity index (χ2n) is 7.74. The lowest BCUT2D eigenvalue weighted by Gasteiger charge is -2.34. The largest absolute Gasteiger partial charge is 0.338 e. The Bertz CT molecular complexity index is 1250. The summed E-state index contributed by atoms with van der Waals surface area (Å²) < 4.78 is 28.7. The number of nitro benzene ring substituents is 1. The second-order valence-corrected chi connectivity index (χ2v) is 9.68. The van der Waals surface area contributed by atoms with Crippen LogP contribution in [0.15, 0.2) is 71.9 Å². The zero-order chi connectivity index (χ0) is 24.1. The molecule has 0 radical (unpaired) electrons. The van der Waals surface area contributed by atoms with Crippen LogP contribution in [0.25, 0.3) is 5.69 Å². The predicted octanol–water partition coefficient (Wildman–Crippen LogP) is 2.04. The third-order valence-corrected chi connectivity index (χ3v) is 7.48. The van der Waals surface area contributed by atoms with Crippen molar-refractivity contribution in [3.63, 3.8) is 0 Å². The van der Waals surface area contributed by atoms with Gasteiger partial charge in [-0.05, 0) is 36.2 Å². The summed E-state index contributed by atoms with van der Waals surface area (Å²) in [6, 6.07) is 14.5. The third kappa shape index (κ3) is 5.24. The van der Waals surface area contributed by atoms with Crippen molar-refractivity contribution in [2.24, 2.45) is 0 Å². The van der Waals surface area contributed by atoms with Crippen LogP contribution in [-0.4, -0.2) is 71.1 Å². The number of aromatic nitrogens is 2. The van der Waals surface area contributed by atoms with Gasteiger partial charge in [0.2, 0.25) is 10.0 Å². The molecule has 34 heavy (non-hydrogen) atoms. The summed E-state index contributed by atoms with van der Waals surface area (Å²) in [5.74, 6) is 0. The molecule has 1 aliphatic rings. The van der Waals surface area contributed by atoms with Gasteiger partial charge in [0.1, 0.15) is 0 Å². The van der Waals surface area contributed by atoms with Gasteiger partial charge in [-0.15, -0.1) is 0 Å². The van der Waals surface area contributed by atoms with Gasteiger partial charge in [-0.1, -0.05) is 18.2 Å². The van der Waals surface area contributed by atoms with E-state index in [1.54, 1.807) is 15.8 Å². The number of hydrogen-bond donors (Lipinski definition) is 1. The van der Waals surface area contributed by atoms with Crippen molar-refractivity contribution in [1.29, 1.82) is 0 Å². The minimum Gasteiger partial charge on any atom is -0.338 e. The molecule has 0 spiro atoms. The molecule has 1 aliphatic heterocycles. The topological polar surface area (TPSA) is 131 Å². The Labute approximate surface area is 196 Å². The van der Waals surface area contributed by atoms with Crippen molar-refractivity contribution >= 4 is 21.7 Å². The summed E-state index contributed by atoms with van der Waals surface area (Å²) in [6.07, 6.45) is 4.24. The summed E-state index contributed by atoms with van der Waals surface area (Å²) in [5.41, 5.74) is 1.75. The molecule has 2 aromatic carbocycles. The zero-order valence-electron chi connectivity index (χ0n) is 18.3. The first-order valence-corrected chi connectivity index (χ1v) is 12.1. The number of urea groups is 1. The standard InChI is InChI=1S/C22H24N6O5S/c29-22(23-11-9-18-5-7-19(8-6-18)27-12-2-10-24-27)25-13-15-26(16-14-25)34(32,33)21-4-1-3-20(17-21)28(30)31/h1-8,10,12,17H,9,11,13-16H2,(H,23,29). The lowest BCUT2D eigenvalue weighted by molar-refractivity contribution is -0.385. The van der Waals surface area contributed by atoms with Crippen LogP contribution in [-0.2, 0) is 16.4 Å². The van der Waals surface area contributed by atoms with E-state index < -0.39 is 14.9 Å². The van der Waals surface area contributed by atoms with Gasteiger partial charge >= 0.3 is 6.03 Å². The summed E-state index contributed by atoms with van der Waals surface area (Å²) in [6.45, 7) is 1.16. The number of amides is 2. The Balaban J connectivity index is 1.26. The number of nitrogens with one attached hydrogen (secondary N) is 1. The fourth-order valence-electron chi connectivity index (χ4n) is 3.70. The van der Waals surface area contributed by atoms with Gasteiger partial charge in [0.25, 0.3) is 5.69 Å². The molecule has 4 rings (SSSR count). The monoisotopic (exact) mass is 484 g/mol. The summed E-state index contributed by atoms with van der Waals surface area (Å²) in [7, 11) is -3.88. The Morgan fingerprint density at radius 2 is 1.79 bits per heavy atom. The maximum absolute atomic E-state index is 12.8. The number of nitro groups is 1. The number of carbonyl (C=O) groups excluding carboxylic acids is 1. The van der Waals surface area contributed by atoms with Crippen LogP contribution < -0.4 is 5.32 Å². The predicted molar refractivity (Wildman–Crippen MR) is 124 cm³/mol. The molecule has 0 aliphatic carbocycles. The Morgan fingerprint density at radius 3 is 2.44 bits per heavy atom. The van der Waals surface area contributed by atoms with Crippen LogP contribution in [0.2, 0.25) is 0 Å². The third-order valence-electron chi connectivity index (χ3n) is 5.59. The molecule has 1 N–H and O–H groups in total. The fraction of sp³-hybridized carbons (Fsp3) is 0.273. The highest BCUT2D eigenvalue weighted by Gasteiger charge is 2.30. The first-order valence-electron chi connectivity index (χ1n) is 10.7. The van der Waals surface area contributed by atoms with E-state index in [0.29, 0.717) is 13.0 Å². The number of carbonyl (C=O) groups is 1. The molecule has 2 heterocycles. The minimum absolute atomic E-state index is 0.118. The molecule has 2 amide bonds. The number of piperazine rings is 1. The lowest BCUT2D eigenvalue weighted by Crippen LogP contribution is -2.53. The quantitative estimate of drug-likeness (QED) is 0.403. The first kappa shape index (κ1) is 23.4. The van der Waals surface area contributed by atoms with Crippen molar-refractivity contribution < 1.29 is 18.1 Å². The van der Waals surface area contributed by atoms with Crippen LogP contribution in [0.3, 0.4) is 0 Å². The van der Waals surface area contributed by atoms with Crippen LogP contribution in [0.5, 0.6) is 0 Å². The number of non-ortho nitro benzene ring substituents is 1. The molecule has 0 bridgehead atoms. The number of rotatable bonds is 7. The zero-order valence-corrected chi connectivity index (χ0v) is 19.1. The highest BCUT2D eigenvalue weighted by molar-refractivity contribution is 7.89. The van der Waals surface area contributed by atoms with Crippen LogP contribution in [0.1, 0.15) is 5.56 Å². The normalized spacial score (nSPS) is 14.6. The number of hydrogen-bond acceptors (Lipinski definition) is 6. The minimum atomic E-state index is -3.88. The SMILES string of the molecule is O=C(NCCc1ccc(-n2cccn2)cc1)N1CCN(S(=O)(=O)c2cccc([N+](=O)[O-])c2)CC1. The molecule has 1 aromatic heterocycles. The molecular weight excluding hydrogens is 460 g/mol. The fourth-order valence-corrected chi connectivity index (χ4v) is 5.16. The summed E-state index contributed by atoms with van der Waals surface area (Å²) in [5, 5.41) is 18.0. The molecule has 0 atom stereocenters. The average molecular weight is 485 g/mol. The Kier molecular flexibility index (Phi) is 6.89. The molecule has 1 saturated heterocycles. The van der Waals surface area contributed by atoms with E-state index in [-0.39, 0.29) is 42.8 Å². The van der Waals surface area contributed by atoms with Gasteiger partial charge in [0.05, 0.1) is 15.5 Å². The highest BCUT2D eigenvalue weighted by Crippen LogP contribution is 2.22. The lowest BCUT2D eigenvalue weighted by atomic mass is 10.1. The van der Waals surface area contributed by atoms with E-state index >= 15 is 0 Å². The van der Waals surface area contributed by atoms with Crippen molar-refractivity contribution in [2.75, 3.05) is 32.7 Å². The van der Waals surface area contributed by atoms with Crippen molar-refractivity contribution in [3.05, 3.63) is 82.7 Å². The van der Waals surface area contributed by atoms with Crippen molar-refractivity contribution in [2.45, 2.75) is 11.3 Å². The van der Waals surface area contributed by atoms with Gasteiger partial charge in [-0.2, -0.15) is 9.40 Å². The maximum Gasteiger partial charge on any atom is 0.317 e. The van der Waals surface area contributed by atoms with Gasteiger partial charge in [0.15, 0.2) is 0 Å². The molecule has 1 fully saturated rings. The van der Waals surface area contributed by atoms with E-state index in [0.717, 1.165) is 17.3 Å². The van der Waals surface area contributed by atoms with E-state index in [4.69, 9.17) is 0 Å². The molecule has 11 nitrogen and oxygen atoms in total. The van der Waals surface area contributed by atoms with Crippen molar-refractivity contribution in [1.82, 2.24) is 24.3 Å². The van der Waals surface area contributed by atoms with E-state index in [1.165, 1.54) is 22.5 Å². The molecule has 0 saturated carbocycles.